The summed E-state index contributed by atoms with van der Waals surface area (Å²) in [7, 11) is 0. The van der Waals surface area contributed by atoms with E-state index in [1.807, 2.05) is 0 Å². The van der Waals surface area contributed by atoms with Crippen LogP contribution in [0.3, 0.4) is 0 Å². The van der Waals surface area contributed by atoms with Crippen LogP contribution in [0.5, 0.6) is 5.75 Å². The van der Waals surface area contributed by atoms with Crippen molar-refractivity contribution >= 4 is 11.8 Å². The number of carbonyl (C=O) groups is 1. The molecule has 0 bridgehead atoms. The van der Waals surface area contributed by atoms with Crippen molar-refractivity contribution in [3.05, 3.63) is 23.8 Å². The van der Waals surface area contributed by atoms with Gasteiger partial charge in [-0.25, -0.2) is 4.79 Å². The number of anilines is 1. The molecule has 6 nitrogen and oxygen atoms in total. The van der Waals surface area contributed by atoms with Gasteiger partial charge in [-0.1, -0.05) is 6.07 Å². The van der Waals surface area contributed by atoms with Crippen molar-refractivity contribution in [3.8, 4) is 5.75 Å². The van der Waals surface area contributed by atoms with Gasteiger partial charge in [-0.15, -0.1) is 0 Å². The minimum atomic E-state index is -0.657. The Balaban J connectivity index is 2.76. The van der Waals surface area contributed by atoms with E-state index in [2.05, 4.69) is 5.32 Å². The van der Waals surface area contributed by atoms with Crippen molar-refractivity contribution in [2.24, 2.45) is 5.73 Å². The van der Waals surface area contributed by atoms with E-state index < -0.39 is 17.7 Å². The maximum atomic E-state index is 11.5. The van der Waals surface area contributed by atoms with Gasteiger partial charge in [0, 0.05) is 17.3 Å². The number of hydrogen-bond donors (Lipinski definition) is 4. The number of rotatable bonds is 3. The number of nitrogens with two attached hydrogens (primary N) is 1. The summed E-state index contributed by atoms with van der Waals surface area (Å²) in [6, 6.07) is 3.82. The van der Waals surface area contributed by atoms with Gasteiger partial charge in [-0.05, 0) is 26.8 Å². The Labute approximate surface area is 112 Å². The monoisotopic (exact) mass is 268 g/mol. The number of hydrogen-bond acceptors (Lipinski definition) is 5. The second-order valence-corrected chi connectivity index (χ2v) is 5.19. The smallest absolute Gasteiger partial charge is 0.412 e. The highest BCUT2D eigenvalue weighted by atomic mass is 16.6. The molecule has 1 aromatic carbocycles. The van der Waals surface area contributed by atoms with E-state index in [-0.39, 0.29) is 12.4 Å². The SMILES string of the molecule is CC(C)(C)OC(=O)Nc1ccc(C(N)CO)c(O)c1. The fourth-order valence-electron chi connectivity index (χ4n) is 1.45. The lowest BCUT2D eigenvalue weighted by molar-refractivity contribution is 0.0636. The lowest BCUT2D eigenvalue weighted by Gasteiger charge is -2.20. The molecule has 5 N–H and O–H groups in total. The van der Waals surface area contributed by atoms with Crippen LogP contribution in [-0.4, -0.2) is 28.5 Å². The maximum absolute atomic E-state index is 11.5. The van der Waals surface area contributed by atoms with Gasteiger partial charge >= 0.3 is 6.09 Å². The molecule has 1 amide bonds. The Hall–Kier alpha value is -1.79. The first-order chi connectivity index (χ1) is 8.73. The number of ether oxygens (including phenoxy) is 1. The Kier molecular flexibility index (Phi) is 4.74. The number of aliphatic hydroxyl groups excluding tert-OH is 1. The van der Waals surface area contributed by atoms with Crippen molar-refractivity contribution in [3.63, 3.8) is 0 Å². The standard InChI is InChI=1S/C13H20N2O4/c1-13(2,3)19-12(18)15-8-4-5-9(10(14)7-16)11(17)6-8/h4-6,10,16-17H,7,14H2,1-3H3,(H,15,18). The van der Waals surface area contributed by atoms with Crippen molar-refractivity contribution in [1.29, 1.82) is 0 Å². The van der Waals surface area contributed by atoms with E-state index in [0.717, 1.165) is 0 Å². The van der Waals surface area contributed by atoms with Crippen LogP contribution < -0.4 is 11.1 Å². The first kappa shape index (κ1) is 15.3. The van der Waals surface area contributed by atoms with Crippen LogP contribution >= 0.6 is 0 Å². The van der Waals surface area contributed by atoms with Gasteiger partial charge in [0.2, 0.25) is 0 Å². The molecule has 1 aromatic rings. The molecule has 6 heteroatoms. The molecule has 0 aliphatic heterocycles. The average Bonchev–Trinajstić information content (AvgIpc) is 2.25. The first-order valence-corrected chi connectivity index (χ1v) is 5.92. The van der Waals surface area contributed by atoms with Crippen LogP contribution in [0.4, 0.5) is 10.5 Å². The topological polar surface area (TPSA) is 105 Å². The number of phenols is 1. The molecule has 1 rings (SSSR count). The summed E-state index contributed by atoms with van der Waals surface area (Å²) in [6.07, 6.45) is -0.605. The molecule has 1 atom stereocenters. The fourth-order valence-corrected chi connectivity index (χ4v) is 1.45. The van der Waals surface area contributed by atoms with E-state index in [0.29, 0.717) is 11.3 Å². The molecule has 0 saturated heterocycles. The van der Waals surface area contributed by atoms with Crippen LogP contribution in [0.1, 0.15) is 32.4 Å². The lowest BCUT2D eigenvalue weighted by Crippen LogP contribution is -2.27. The van der Waals surface area contributed by atoms with Crippen LogP contribution in [0.2, 0.25) is 0 Å². The van der Waals surface area contributed by atoms with Crippen molar-refractivity contribution in [2.45, 2.75) is 32.4 Å². The molecule has 106 valence electrons. The quantitative estimate of drug-likeness (QED) is 0.668. The molecule has 0 heterocycles. The molecule has 0 saturated carbocycles. The minimum absolute atomic E-state index is 0.0879. The summed E-state index contributed by atoms with van der Waals surface area (Å²) in [5.41, 5.74) is 5.82. The second-order valence-electron chi connectivity index (χ2n) is 5.19. The predicted octanol–water partition coefficient (Wildman–Crippen LogP) is 1.73. The van der Waals surface area contributed by atoms with Gasteiger partial charge in [-0.3, -0.25) is 5.32 Å². The minimum Gasteiger partial charge on any atom is -0.508 e. The third kappa shape index (κ3) is 4.76. The molecular weight excluding hydrogens is 248 g/mol. The van der Waals surface area contributed by atoms with E-state index >= 15 is 0 Å². The van der Waals surface area contributed by atoms with Gasteiger partial charge < -0.3 is 20.7 Å². The van der Waals surface area contributed by atoms with E-state index in [4.69, 9.17) is 15.6 Å². The number of nitrogens with one attached hydrogen (secondary N) is 1. The number of aromatic hydroxyl groups is 1. The van der Waals surface area contributed by atoms with Gasteiger partial charge in [0.25, 0.3) is 0 Å². The molecule has 0 fully saturated rings. The zero-order valence-corrected chi connectivity index (χ0v) is 11.3. The van der Waals surface area contributed by atoms with Gasteiger partial charge in [0.1, 0.15) is 11.4 Å². The summed E-state index contributed by atoms with van der Waals surface area (Å²) < 4.78 is 5.08. The third-order valence-corrected chi connectivity index (χ3v) is 2.27. The molecule has 0 radical (unpaired) electrons. The molecule has 1 unspecified atom stereocenters. The predicted molar refractivity (Wildman–Crippen MR) is 72.0 cm³/mol. The summed E-state index contributed by atoms with van der Waals surface area (Å²) >= 11 is 0. The highest BCUT2D eigenvalue weighted by Crippen LogP contribution is 2.26. The number of amides is 1. The summed E-state index contributed by atoms with van der Waals surface area (Å²) in [5.74, 6) is -0.0879. The number of benzene rings is 1. The molecule has 0 aliphatic rings. The largest absolute Gasteiger partial charge is 0.508 e. The number of phenolic OH excluding ortho intramolecular Hbond substituents is 1. The van der Waals surface area contributed by atoms with Crippen LogP contribution in [0.15, 0.2) is 18.2 Å². The van der Waals surface area contributed by atoms with E-state index in [1.54, 1.807) is 32.9 Å². The van der Waals surface area contributed by atoms with Gasteiger partial charge in [-0.2, -0.15) is 0 Å². The van der Waals surface area contributed by atoms with Gasteiger partial charge in [0.15, 0.2) is 0 Å². The number of carbonyl (C=O) groups excluding carboxylic acids is 1. The lowest BCUT2D eigenvalue weighted by atomic mass is 10.1. The van der Waals surface area contributed by atoms with Crippen molar-refractivity contribution < 1.29 is 19.7 Å². The van der Waals surface area contributed by atoms with Crippen molar-refractivity contribution in [2.75, 3.05) is 11.9 Å². The first-order valence-electron chi connectivity index (χ1n) is 5.92. The Bertz CT molecular complexity index is 454. The van der Waals surface area contributed by atoms with Crippen LogP contribution in [0.25, 0.3) is 0 Å². The summed E-state index contributed by atoms with van der Waals surface area (Å²) in [6.45, 7) is 5.00. The van der Waals surface area contributed by atoms with Crippen molar-refractivity contribution in [1.82, 2.24) is 0 Å². The average molecular weight is 268 g/mol. The van der Waals surface area contributed by atoms with E-state index in [1.165, 1.54) is 6.07 Å². The fraction of sp³-hybridized carbons (Fsp3) is 0.462. The number of aliphatic hydroxyl groups is 1. The molecule has 19 heavy (non-hydrogen) atoms. The molecule has 0 spiro atoms. The Morgan fingerprint density at radius 1 is 1.47 bits per heavy atom. The summed E-state index contributed by atoms with van der Waals surface area (Å²) in [5, 5.41) is 21.2. The molecular formula is C13H20N2O4. The third-order valence-electron chi connectivity index (χ3n) is 2.27. The Morgan fingerprint density at radius 3 is 2.58 bits per heavy atom. The zero-order chi connectivity index (χ0) is 14.6. The Morgan fingerprint density at radius 2 is 2.11 bits per heavy atom. The highest BCUT2D eigenvalue weighted by molar-refractivity contribution is 5.85. The van der Waals surface area contributed by atoms with E-state index in [9.17, 15) is 9.90 Å². The second kappa shape index (κ2) is 5.90. The zero-order valence-electron chi connectivity index (χ0n) is 11.3. The normalized spacial score (nSPS) is 12.9. The molecule has 0 aromatic heterocycles. The van der Waals surface area contributed by atoms with Crippen LogP contribution in [0, 0.1) is 0 Å². The van der Waals surface area contributed by atoms with Gasteiger partial charge in [0.05, 0.1) is 12.6 Å². The maximum Gasteiger partial charge on any atom is 0.412 e. The van der Waals surface area contributed by atoms with Crippen LogP contribution in [-0.2, 0) is 4.74 Å². The highest BCUT2D eigenvalue weighted by Gasteiger charge is 2.17. The summed E-state index contributed by atoms with van der Waals surface area (Å²) in [4.78, 5) is 11.5. The molecule has 0 aliphatic carbocycles.